The van der Waals surface area contributed by atoms with Gasteiger partial charge in [-0.05, 0) is 28.5 Å². The van der Waals surface area contributed by atoms with Gasteiger partial charge in [-0.2, -0.15) is 0 Å². The van der Waals surface area contributed by atoms with Gasteiger partial charge in [0.15, 0.2) is 0 Å². The number of fused-ring (bicyclic) bond motifs is 7. The molecular weight excluding hydrogens is 234 g/mol. The molecule has 0 radical (unpaired) electrons. The molecule has 0 aliphatic carbocycles. The average Bonchev–Trinajstić information content (AvgIpc) is 3.00. The summed E-state index contributed by atoms with van der Waals surface area (Å²) >= 11 is 0. The van der Waals surface area contributed by atoms with Gasteiger partial charge in [0.25, 0.3) is 0 Å². The summed E-state index contributed by atoms with van der Waals surface area (Å²) in [6, 6.07) is 6.63. The molecule has 2 aliphatic heterocycles. The van der Waals surface area contributed by atoms with Crippen molar-refractivity contribution in [1.82, 2.24) is 4.57 Å². The SMILES string of the molecule is Cn1ccc2ccc3c(c21)C1(C(C)(C)C)C=CC3O1. The number of hydrogen-bond donors (Lipinski definition) is 0. The van der Waals surface area contributed by atoms with Crippen LogP contribution in [0, 0.1) is 5.41 Å². The first-order valence-electron chi connectivity index (χ1n) is 6.90. The average molecular weight is 253 g/mol. The molecule has 0 saturated carbocycles. The highest BCUT2D eigenvalue weighted by atomic mass is 16.5. The van der Waals surface area contributed by atoms with E-state index in [1.807, 2.05) is 0 Å². The Labute approximate surface area is 113 Å². The lowest BCUT2D eigenvalue weighted by Crippen LogP contribution is -2.37. The van der Waals surface area contributed by atoms with E-state index in [4.69, 9.17) is 4.74 Å². The normalized spacial score (nSPS) is 28.3. The molecule has 2 nitrogen and oxygen atoms in total. The highest BCUT2D eigenvalue weighted by molar-refractivity contribution is 5.87. The standard InChI is InChI=1S/C17H19NO/c1-16(2,3)17-9-7-13(19-17)12-6-5-11-8-10-18(4)15(11)14(12)17/h5-10,13H,1-4H3. The molecule has 19 heavy (non-hydrogen) atoms. The third-order valence-electron chi connectivity index (χ3n) is 4.68. The molecular formula is C17H19NO. The molecule has 0 amide bonds. The quantitative estimate of drug-likeness (QED) is 0.646. The van der Waals surface area contributed by atoms with Gasteiger partial charge < -0.3 is 9.30 Å². The van der Waals surface area contributed by atoms with Crippen molar-refractivity contribution in [3.63, 3.8) is 0 Å². The number of rotatable bonds is 0. The van der Waals surface area contributed by atoms with Crippen molar-refractivity contribution < 1.29 is 4.74 Å². The number of nitrogens with zero attached hydrogens (tertiary/aromatic N) is 1. The summed E-state index contributed by atoms with van der Waals surface area (Å²) in [5.41, 5.74) is 3.80. The van der Waals surface area contributed by atoms with Crippen molar-refractivity contribution in [2.75, 3.05) is 0 Å². The molecule has 0 spiro atoms. The monoisotopic (exact) mass is 253 g/mol. The molecule has 2 aromatic rings. The van der Waals surface area contributed by atoms with Crippen LogP contribution >= 0.6 is 0 Å². The maximum Gasteiger partial charge on any atom is 0.120 e. The summed E-state index contributed by atoms with van der Waals surface area (Å²) in [4.78, 5) is 0. The molecule has 2 bridgehead atoms. The minimum absolute atomic E-state index is 0.0437. The zero-order chi connectivity index (χ0) is 13.4. The van der Waals surface area contributed by atoms with Crippen molar-refractivity contribution in [2.45, 2.75) is 32.5 Å². The number of aryl methyl sites for hydroxylation is 1. The molecule has 2 atom stereocenters. The van der Waals surface area contributed by atoms with Gasteiger partial charge in [0.05, 0.1) is 5.52 Å². The topological polar surface area (TPSA) is 14.2 Å². The van der Waals surface area contributed by atoms with E-state index in [1.54, 1.807) is 0 Å². The molecule has 4 rings (SSSR count). The summed E-state index contributed by atoms with van der Waals surface area (Å²) in [6.07, 6.45) is 6.75. The van der Waals surface area contributed by atoms with Crippen LogP contribution in [0.2, 0.25) is 0 Å². The van der Waals surface area contributed by atoms with E-state index >= 15 is 0 Å². The zero-order valence-electron chi connectivity index (χ0n) is 11.9. The molecule has 2 aliphatic rings. The van der Waals surface area contributed by atoms with Crippen LogP contribution in [0.25, 0.3) is 10.9 Å². The predicted molar refractivity (Wildman–Crippen MR) is 77.0 cm³/mol. The Morgan fingerprint density at radius 2 is 2.00 bits per heavy atom. The van der Waals surface area contributed by atoms with Crippen LogP contribution in [-0.2, 0) is 17.4 Å². The molecule has 2 heteroatoms. The molecule has 1 aromatic heterocycles. The molecule has 0 fully saturated rings. The smallest absolute Gasteiger partial charge is 0.120 e. The maximum absolute atomic E-state index is 6.40. The van der Waals surface area contributed by atoms with Crippen LogP contribution in [0.5, 0.6) is 0 Å². The molecule has 98 valence electrons. The second-order valence-electron chi connectivity index (χ2n) is 6.78. The van der Waals surface area contributed by atoms with E-state index in [2.05, 4.69) is 68.9 Å². The maximum atomic E-state index is 6.40. The Morgan fingerprint density at radius 1 is 1.21 bits per heavy atom. The predicted octanol–water partition coefficient (Wildman–Crippen LogP) is 4.06. The van der Waals surface area contributed by atoms with Crippen LogP contribution < -0.4 is 0 Å². The van der Waals surface area contributed by atoms with Crippen LogP contribution in [0.4, 0.5) is 0 Å². The summed E-state index contributed by atoms with van der Waals surface area (Å²) in [6.45, 7) is 6.78. The van der Waals surface area contributed by atoms with E-state index in [9.17, 15) is 0 Å². The zero-order valence-corrected chi connectivity index (χ0v) is 11.9. The van der Waals surface area contributed by atoms with Gasteiger partial charge in [-0.15, -0.1) is 0 Å². The highest BCUT2D eigenvalue weighted by Crippen LogP contribution is 2.59. The first kappa shape index (κ1) is 11.3. The molecule has 1 aromatic carbocycles. The largest absolute Gasteiger partial charge is 0.353 e. The van der Waals surface area contributed by atoms with Gasteiger partial charge in [0.2, 0.25) is 0 Å². The number of aromatic nitrogens is 1. The first-order chi connectivity index (χ1) is 8.94. The lowest BCUT2D eigenvalue weighted by molar-refractivity contribution is -0.0747. The van der Waals surface area contributed by atoms with Gasteiger partial charge in [-0.25, -0.2) is 0 Å². The summed E-state index contributed by atoms with van der Waals surface area (Å²) < 4.78 is 8.62. The minimum Gasteiger partial charge on any atom is -0.353 e. The molecule has 0 saturated heterocycles. The van der Waals surface area contributed by atoms with Crippen molar-refractivity contribution in [2.24, 2.45) is 12.5 Å². The lowest BCUT2D eigenvalue weighted by Gasteiger charge is -2.38. The Hall–Kier alpha value is -1.54. The van der Waals surface area contributed by atoms with Crippen molar-refractivity contribution in [3.05, 3.63) is 47.7 Å². The number of ether oxygens (including phenoxy) is 1. The van der Waals surface area contributed by atoms with Crippen LogP contribution in [-0.4, -0.2) is 4.57 Å². The van der Waals surface area contributed by atoms with E-state index < -0.39 is 0 Å². The Morgan fingerprint density at radius 3 is 2.74 bits per heavy atom. The second kappa shape index (κ2) is 3.13. The number of hydrogen-bond acceptors (Lipinski definition) is 1. The molecule has 2 unspecified atom stereocenters. The van der Waals surface area contributed by atoms with Gasteiger partial charge in [-0.3, -0.25) is 0 Å². The third kappa shape index (κ3) is 1.16. The van der Waals surface area contributed by atoms with Gasteiger partial charge in [0, 0.05) is 18.8 Å². The fourth-order valence-electron chi connectivity index (χ4n) is 3.64. The van der Waals surface area contributed by atoms with Gasteiger partial charge in [-0.1, -0.05) is 39.0 Å². The number of benzene rings is 1. The minimum atomic E-state index is -0.279. The molecule has 0 N–H and O–H groups in total. The highest BCUT2D eigenvalue weighted by Gasteiger charge is 2.54. The van der Waals surface area contributed by atoms with Crippen LogP contribution in [0.1, 0.15) is 38.0 Å². The Kier molecular flexibility index (Phi) is 1.86. The van der Waals surface area contributed by atoms with E-state index in [-0.39, 0.29) is 17.1 Å². The first-order valence-corrected chi connectivity index (χ1v) is 6.90. The van der Waals surface area contributed by atoms with E-state index in [0.29, 0.717) is 0 Å². The van der Waals surface area contributed by atoms with Gasteiger partial charge in [0.1, 0.15) is 11.7 Å². The van der Waals surface area contributed by atoms with Crippen molar-refractivity contribution >= 4 is 10.9 Å². The summed E-state index contributed by atoms with van der Waals surface area (Å²) in [5, 5.41) is 1.30. The van der Waals surface area contributed by atoms with Crippen LogP contribution in [0.3, 0.4) is 0 Å². The summed E-state index contributed by atoms with van der Waals surface area (Å²) in [7, 11) is 2.12. The fraction of sp³-hybridized carbons (Fsp3) is 0.412. The fourth-order valence-corrected chi connectivity index (χ4v) is 3.64. The van der Waals surface area contributed by atoms with Crippen molar-refractivity contribution in [3.8, 4) is 0 Å². The van der Waals surface area contributed by atoms with Crippen molar-refractivity contribution in [1.29, 1.82) is 0 Å². The molecule has 3 heterocycles. The van der Waals surface area contributed by atoms with Crippen LogP contribution in [0.15, 0.2) is 36.5 Å². The van der Waals surface area contributed by atoms with E-state index in [0.717, 1.165) is 0 Å². The third-order valence-corrected chi connectivity index (χ3v) is 4.68. The second-order valence-corrected chi connectivity index (χ2v) is 6.78. The van der Waals surface area contributed by atoms with E-state index in [1.165, 1.54) is 22.0 Å². The lowest BCUT2D eigenvalue weighted by atomic mass is 9.70. The Bertz CT molecular complexity index is 717. The van der Waals surface area contributed by atoms with Gasteiger partial charge >= 0.3 is 0 Å². The Balaban J connectivity index is 2.15. The summed E-state index contributed by atoms with van der Waals surface area (Å²) in [5.74, 6) is 0.